The van der Waals surface area contributed by atoms with Crippen LogP contribution in [0.2, 0.25) is 0 Å². The average molecular weight is 389 g/mol. The molecule has 1 aromatic heterocycles. The number of piperidine rings is 1. The van der Waals surface area contributed by atoms with Gasteiger partial charge in [0.25, 0.3) is 5.91 Å². The third-order valence-electron chi connectivity index (χ3n) is 4.58. The summed E-state index contributed by atoms with van der Waals surface area (Å²) in [6.07, 6.45) is 4.30. The van der Waals surface area contributed by atoms with Crippen LogP contribution in [0.3, 0.4) is 0 Å². The van der Waals surface area contributed by atoms with E-state index in [-0.39, 0.29) is 36.4 Å². The van der Waals surface area contributed by atoms with Gasteiger partial charge in [0, 0.05) is 19.1 Å². The highest BCUT2D eigenvalue weighted by atomic mass is 19.1. The fraction of sp³-hybridized carbons (Fsp3) is 0.400. The average Bonchev–Trinajstić information content (AvgIpc) is 3.22. The predicted molar refractivity (Wildman–Crippen MR) is 101 cm³/mol. The Labute approximate surface area is 162 Å². The van der Waals surface area contributed by atoms with Crippen molar-refractivity contribution < 1.29 is 23.1 Å². The molecule has 8 heteroatoms. The van der Waals surface area contributed by atoms with Crippen molar-refractivity contribution in [1.29, 1.82) is 0 Å². The van der Waals surface area contributed by atoms with E-state index in [0.717, 1.165) is 0 Å². The van der Waals surface area contributed by atoms with Crippen LogP contribution in [0.4, 0.5) is 9.18 Å². The van der Waals surface area contributed by atoms with E-state index in [0.29, 0.717) is 37.2 Å². The summed E-state index contributed by atoms with van der Waals surface area (Å²) < 4.78 is 23.4. The number of furan rings is 1. The molecular formula is C20H24FN3O4. The SMILES string of the molecule is CC(COc1ccc(F)cc1)NC(=O)NC1CCN(C(=O)c2ccoc2)CC1. The van der Waals surface area contributed by atoms with Gasteiger partial charge in [-0.1, -0.05) is 0 Å². The highest BCUT2D eigenvalue weighted by molar-refractivity contribution is 5.93. The molecule has 28 heavy (non-hydrogen) atoms. The van der Waals surface area contributed by atoms with Gasteiger partial charge >= 0.3 is 6.03 Å². The molecule has 1 saturated heterocycles. The minimum atomic E-state index is -0.324. The molecule has 7 nitrogen and oxygen atoms in total. The van der Waals surface area contributed by atoms with Crippen LogP contribution in [0.25, 0.3) is 0 Å². The van der Waals surface area contributed by atoms with Crippen molar-refractivity contribution in [2.45, 2.75) is 31.8 Å². The second-order valence-corrected chi connectivity index (χ2v) is 6.86. The Balaban J connectivity index is 1.36. The van der Waals surface area contributed by atoms with Gasteiger partial charge in [-0.3, -0.25) is 4.79 Å². The zero-order valence-corrected chi connectivity index (χ0v) is 15.7. The van der Waals surface area contributed by atoms with Gasteiger partial charge in [-0.05, 0) is 50.1 Å². The van der Waals surface area contributed by atoms with Crippen LogP contribution >= 0.6 is 0 Å². The lowest BCUT2D eigenvalue weighted by atomic mass is 10.0. The van der Waals surface area contributed by atoms with Crippen molar-refractivity contribution in [3.63, 3.8) is 0 Å². The number of hydrogen-bond acceptors (Lipinski definition) is 4. The summed E-state index contributed by atoms with van der Waals surface area (Å²) in [6.45, 7) is 3.27. The molecule has 1 atom stereocenters. The molecular weight excluding hydrogens is 365 g/mol. The summed E-state index contributed by atoms with van der Waals surface area (Å²) in [5.41, 5.74) is 0.541. The van der Waals surface area contributed by atoms with E-state index in [2.05, 4.69) is 10.6 Å². The summed E-state index contributed by atoms with van der Waals surface area (Å²) in [5.74, 6) is 0.170. The number of urea groups is 1. The van der Waals surface area contributed by atoms with Crippen molar-refractivity contribution in [3.8, 4) is 5.75 Å². The lowest BCUT2D eigenvalue weighted by Gasteiger charge is -2.32. The number of rotatable bonds is 6. The lowest BCUT2D eigenvalue weighted by Crippen LogP contribution is -2.51. The first-order valence-corrected chi connectivity index (χ1v) is 9.28. The van der Waals surface area contributed by atoms with Gasteiger partial charge in [0.15, 0.2) is 0 Å². The molecule has 0 spiro atoms. The molecule has 1 unspecified atom stereocenters. The van der Waals surface area contributed by atoms with Gasteiger partial charge in [-0.25, -0.2) is 9.18 Å². The van der Waals surface area contributed by atoms with E-state index in [1.165, 1.54) is 24.7 Å². The second-order valence-electron chi connectivity index (χ2n) is 6.86. The van der Waals surface area contributed by atoms with Crippen LogP contribution in [0, 0.1) is 5.82 Å². The Morgan fingerprint density at radius 1 is 1.25 bits per heavy atom. The lowest BCUT2D eigenvalue weighted by molar-refractivity contribution is 0.0707. The molecule has 2 heterocycles. The Kier molecular flexibility index (Phi) is 6.52. The summed E-state index contributed by atoms with van der Waals surface area (Å²) in [6, 6.07) is 6.91. The maximum atomic E-state index is 12.9. The van der Waals surface area contributed by atoms with Gasteiger partial charge in [-0.15, -0.1) is 0 Å². The predicted octanol–water partition coefficient (Wildman–Crippen LogP) is 2.79. The third kappa shape index (κ3) is 5.48. The smallest absolute Gasteiger partial charge is 0.315 e. The van der Waals surface area contributed by atoms with Crippen LogP contribution in [0.15, 0.2) is 47.3 Å². The molecule has 3 rings (SSSR count). The highest BCUT2D eigenvalue weighted by Crippen LogP contribution is 2.14. The number of likely N-dealkylation sites (tertiary alicyclic amines) is 1. The number of carbonyl (C=O) groups is 2. The maximum absolute atomic E-state index is 12.9. The molecule has 0 bridgehead atoms. The Bertz CT molecular complexity index is 771. The Hall–Kier alpha value is -3.03. The number of benzene rings is 1. The van der Waals surface area contributed by atoms with Gasteiger partial charge < -0.3 is 24.7 Å². The maximum Gasteiger partial charge on any atom is 0.315 e. The summed E-state index contributed by atoms with van der Waals surface area (Å²) in [7, 11) is 0. The van der Waals surface area contributed by atoms with E-state index in [9.17, 15) is 14.0 Å². The number of halogens is 1. The minimum Gasteiger partial charge on any atom is -0.491 e. The molecule has 1 aromatic carbocycles. The molecule has 2 N–H and O–H groups in total. The zero-order valence-electron chi connectivity index (χ0n) is 15.7. The largest absolute Gasteiger partial charge is 0.491 e. The van der Waals surface area contributed by atoms with Crippen LogP contribution in [-0.4, -0.2) is 48.6 Å². The molecule has 3 amide bonds. The number of hydrogen-bond donors (Lipinski definition) is 2. The van der Waals surface area contributed by atoms with Gasteiger partial charge in [0.05, 0.1) is 17.9 Å². The topological polar surface area (TPSA) is 83.8 Å². The Morgan fingerprint density at radius 2 is 1.96 bits per heavy atom. The van der Waals surface area contributed by atoms with Gasteiger partial charge in [0.1, 0.15) is 24.4 Å². The fourth-order valence-corrected chi connectivity index (χ4v) is 3.04. The Morgan fingerprint density at radius 3 is 2.61 bits per heavy atom. The zero-order chi connectivity index (χ0) is 19.9. The monoisotopic (exact) mass is 389 g/mol. The molecule has 1 aliphatic heterocycles. The number of nitrogens with zero attached hydrogens (tertiary/aromatic N) is 1. The van der Waals surface area contributed by atoms with Crippen molar-refractivity contribution in [1.82, 2.24) is 15.5 Å². The van der Waals surface area contributed by atoms with Gasteiger partial charge in [0.2, 0.25) is 0 Å². The van der Waals surface area contributed by atoms with E-state index in [1.807, 2.05) is 6.92 Å². The van der Waals surface area contributed by atoms with Crippen molar-refractivity contribution in [3.05, 3.63) is 54.2 Å². The minimum absolute atomic E-state index is 0.0126. The molecule has 2 aromatic rings. The van der Waals surface area contributed by atoms with E-state index >= 15 is 0 Å². The normalized spacial score (nSPS) is 15.7. The van der Waals surface area contributed by atoms with Crippen LogP contribution < -0.4 is 15.4 Å². The first-order valence-electron chi connectivity index (χ1n) is 9.28. The van der Waals surface area contributed by atoms with Crippen molar-refractivity contribution in [2.24, 2.45) is 0 Å². The van der Waals surface area contributed by atoms with Gasteiger partial charge in [-0.2, -0.15) is 0 Å². The second kappa shape index (κ2) is 9.25. The molecule has 1 fully saturated rings. The van der Waals surface area contributed by atoms with Crippen LogP contribution in [0.5, 0.6) is 5.75 Å². The summed E-state index contributed by atoms with van der Waals surface area (Å²) in [5, 5.41) is 5.76. The summed E-state index contributed by atoms with van der Waals surface area (Å²) in [4.78, 5) is 26.2. The molecule has 0 radical (unpaired) electrons. The first kappa shape index (κ1) is 19.7. The standard InChI is InChI=1S/C20H24FN3O4/c1-14(12-28-18-4-2-16(21)3-5-18)22-20(26)23-17-6-9-24(10-7-17)19(25)15-8-11-27-13-15/h2-5,8,11,13-14,17H,6-7,9-10,12H2,1H3,(H2,22,23,26). The molecule has 150 valence electrons. The highest BCUT2D eigenvalue weighted by Gasteiger charge is 2.25. The number of ether oxygens (including phenoxy) is 1. The fourth-order valence-electron chi connectivity index (χ4n) is 3.04. The van der Waals surface area contributed by atoms with E-state index in [4.69, 9.17) is 9.15 Å². The quantitative estimate of drug-likeness (QED) is 0.796. The first-order chi connectivity index (χ1) is 13.5. The van der Waals surface area contributed by atoms with E-state index in [1.54, 1.807) is 23.1 Å². The van der Waals surface area contributed by atoms with Crippen LogP contribution in [-0.2, 0) is 0 Å². The van der Waals surface area contributed by atoms with Crippen molar-refractivity contribution >= 4 is 11.9 Å². The number of amides is 3. The molecule has 0 aliphatic carbocycles. The van der Waals surface area contributed by atoms with E-state index < -0.39 is 0 Å². The number of nitrogens with one attached hydrogen (secondary N) is 2. The third-order valence-corrected chi connectivity index (χ3v) is 4.58. The molecule has 0 saturated carbocycles. The number of carbonyl (C=O) groups excluding carboxylic acids is 2. The summed E-state index contributed by atoms with van der Waals surface area (Å²) >= 11 is 0. The van der Waals surface area contributed by atoms with Crippen LogP contribution in [0.1, 0.15) is 30.1 Å². The molecule has 1 aliphatic rings. The van der Waals surface area contributed by atoms with Crippen molar-refractivity contribution in [2.75, 3.05) is 19.7 Å².